The molecular weight excluding hydrogens is 214 g/mol. The molecule has 0 bridgehead atoms. The number of rotatable bonds is 3. The quantitative estimate of drug-likeness (QED) is 0.869. The van der Waals surface area contributed by atoms with Gasteiger partial charge in [-0.3, -0.25) is 4.79 Å². The van der Waals surface area contributed by atoms with E-state index in [-0.39, 0.29) is 5.91 Å². The Kier molecular flexibility index (Phi) is 3.61. The van der Waals surface area contributed by atoms with Gasteiger partial charge in [-0.15, -0.1) is 0 Å². The van der Waals surface area contributed by atoms with Crippen LogP contribution < -0.4 is 5.73 Å². The fourth-order valence-corrected chi connectivity index (χ4v) is 2.52. The normalized spacial score (nSPS) is 16.1. The topological polar surface area (TPSA) is 59.2 Å². The predicted octanol–water partition coefficient (Wildman–Crippen LogP) is 2.07. The van der Waals surface area contributed by atoms with Gasteiger partial charge in [-0.1, -0.05) is 12.8 Å². The summed E-state index contributed by atoms with van der Waals surface area (Å²) in [5.41, 5.74) is 6.66. The second-order valence-electron chi connectivity index (χ2n) is 4.47. The molecule has 17 heavy (non-hydrogen) atoms. The summed E-state index contributed by atoms with van der Waals surface area (Å²) in [5, 5.41) is 0. The summed E-state index contributed by atoms with van der Waals surface area (Å²) in [5.74, 6) is -0.0301. The van der Waals surface area contributed by atoms with Gasteiger partial charge in [0.25, 0.3) is 5.91 Å². The molecule has 0 unspecified atom stereocenters. The molecule has 1 aliphatic rings. The monoisotopic (exact) mass is 233 g/mol. The Bertz CT molecular complexity index is 399. The Morgan fingerprint density at radius 2 is 2.24 bits per heavy atom. The number of hydrogen-bond acceptors (Lipinski definition) is 3. The van der Waals surface area contributed by atoms with Crippen molar-refractivity contribution in [1.82, 2.24) is 9.88 Å². The van der Waals surface area contributed by atoms with E-state index in [1.807, 2.05) is 11.8 Å². The standard InChI is InChI=1S/C13H19N3O/c1-2-16(10-6-3-4-7-10)13(17)12-11(14)8-5-9-15-12/h5,8-10H,2-4,6-7,14H2,1H3. The third kappa shape index (κ3) is 2.40. The van der Waals surface area contributed by atoms with Crippen molar-refractivity contribution in [1.29, 1.82) is 0 Å². The smallest absolute Gasteiger partial charge is 0.274 e. The van der Waals surface area contributed by atoms with Gasteiger partial charge in [0, 0.05) is 18.8 Å². The van der Waals surface area contributed by atoms with Crippen LogP contribution in [0.1, 0.15) is 43.1 Å². The van der Waals surface area contributed by atoms with Crippen molar-refractivity contribution >= 4 is 11.6 Å². The lowest BCUT2D eigenvalue weighted by Gasteiger charge is -2.27. The number of nitrogen functional groups attached to an aromatic ring is 1. The molecule has 1 heterocycles. The maximum absolute atomic E-state index is 12.4. The average Bonchev–Trinajstić information content (AvgIpc) is 2.84. The summed E-state index contributed by atoms with van der Waals surface area (Å²) < 4.78 is 0. The van der Waals surface area contributed by atoms with E-state index >= 15 is 0 Å². The summed E-state index contributed by atoms with van der Waals surface area (Å²) >= 11 is 0. The van der Waals surface area contributed by atoms with Crippen molar-refractivity contribution < 1.29 is 4.79 Å². The van der Waals surface area contributed by atoms with Gasteiger partial charge >= 0.3 is 0 Å². The lowest BCUT2D eigenvalue weighted by molar-refractivity contribution is 0.0688. The molecule has 0 saturated heterocycles. The lowest BCUT2D eigenvalue weighted by atomic mass is 10.2. The van der Waals surface area contributed by atoms with Crippen molar-refractivity contribution in [3.63, 3.8) is 0 Å². The molecule has 0 radical (unpaired) electrons. The molecule has 0 spiro atoms. The molecule has 4 heteroatoms. The van der Waals surface area contributed by atoms with Crippen LogP contribution in [0.4, 0.5) is 5.69 Å². The molecular formula is C13H19N3O. The fraction of sp³-hybridized carbons (Fsp3) is 0.538. The number of hydrogen-bond donors (Lipinski definition) is 1. The highest BCUT2D eigenvalue weighted by Gasteiger charge is 2.27. The first-order valence-corrected chi connectivity index (χ1v) is 6.25. The zero-order chi connectivity index (χ0) is 12.3. The zero-order valence-electron chi connectivity index (χ0n) is 10.2. The van der Waals surface area contributed by atoms with Crippen molar-refractivity contribution in [3.05, 3.63) is 24.0 Å². The second kappa shape index (κ2) is 5.17. The Hall–Kier alpha value is -1.58. The van der Waals surface area contributed by atoms with Gasteiger partial charge in [0.2, 0.25) is 0 Å². The number of aromatic nitrogens is 1. The average molecular weight is 233 g/mol. The summed E-state index contributed by atoms with van der Waals surface area (Å²) in [6, 6.07) is 3.84. The van der Waals surface area contributed by atoms with E-state index in [0.29, 0.717) is 17.4 Å². The van der Waals surface area contributed by atoms with Gasteiger partial charge in [-0.25, -0.2) is 4.98 Å². The Labute approximate surface area is 102 Å². The molecule has 2 N–H and O–H groups in total. The van der Waals surface area contributed by atoms with Gasteiger partial charge in [-0.2, -0.15) is 0 Å². The molecule has 1 aromatic heterocycles. The van der Waals surface area contributed by atoms with Crippen LogP contribution in [0, 0.1) is 0 Å². The van der Waals surface area contributed by atoms with Gasteiger partial charge in [0.1, 0.15) is 0 Å². The fourth-order valence-electron chi connectivity index (χ4n) is 2.52. The van der Waals surface area contributed by atoms with Gasteiger partial charge < -0.3 is 10.6 Å². The molecule has 0 aromatic carbocycles. The highest BCUT2D eigenvalue weighted by Crippen LogP contribution is 2.25. The van der Waals surface area contributed by atoms with Crippen LogP contribution in [0.15, 0.2) is 18.3 Å². The lowest BCUT2D eigenvalue weighted by Crippen LogP contribution is -2.39. The third-order valence-electron chi connectivity index (χ3n) is 3.41. The van der Waals surface area contributed by atoms with E-state index in [1.165, 1.54) is 12.8 Å². The number of carbonyl (C=O) groups is 1. The maximum Gasteiger partial charge on any atom is 0.274 e. The van der Waals surface area contributed by atoms with Crippen molar-refractivity contribution in [2.45, 2.75) is 38.6 Å². The van der Waals surface area contributed by atoms with E-state index < -0.39 is 0 Å². The number of nitrogens with zero attached hydrogens (tertiary/aromatic N) is 2. The molecule has 0 atom stereocenters. The molecule has 1 saturated carbocycles. The summed E-state index contributed by atoms with van der Waals surface area (Å²) in [7, 11) is 0. The summed E-state index contributed by atoms with van der Waals surface area (Å²) in [6.45, 7) is 2.73. The Balaban J connectivity index is 2.20. The molecule has 1 aliphatic carbocycles. The Morgan fingerprint density at radius 3 is 2.82 bits per heavy atom. The van der Waals surface area contributed by atoms with Crippen LogP contribution in [-0.4, -0.2) is 28.4 Å². The molecule has 1 amide bonds. The van der Waals surface area contributed by atoms with Crippen LogP contribution in [-0.2, 0) is 0 Å². The van der Waals surface area contributed by atoms with Crippen molar-refractivity contribution in [2.75, 3.05) is 12.3 Å². The molecule has 2 rings (SSSR count). The molecule has 0 aliphatic heterocycles. The number of carbonyl (C=O) groups excluding carboxylic acids is 1. The number of nitrogens with two attached hydrogens (primary N) is 1. The van der Waals surface area contributed by atoms with Crippen LogP contribution in [0.25, 0.3) is 0 Å². The SMILES string of the molecule is CCN(C(=O)c1ncccc1N)C1CCCC1. The van der Waals surface area contributed by atoms with Crippen molar-refractivity contribution in [3.8, 4) is 0 Å². The minimum absolute atomic E-state index is 0.0301. The zero-order valence-corrected chi connectivity index (χ0v) is 10.2. The first kappa shape index (κ1) is 11.9. The van der Waals surface area contributed by atoms with E-state index in [9.17, 15) is 4.79 Å². The molecule has 4 nitrogen and oxygen atoms in total. The van der Waals surface area contributed by atoms with E-state index in [2.05, 4.69) is 4.98 Å². The number of amides is 1. The maximum atomic E-state index is 12.4. The van der Waals surface area contributed by atoms with Crippen LogP contribution in [0.3, 0.4) is 0 Å². The number of pyridine rings is 1. The van der Waals surface area contributed by atoms with Crippen LogP contribution in [0.5, 0.6) is 0 Å². The van der Waals surface area contributed by atoms with E-state index in [4.69, 9.17) is 5.73 Å². The van der Waals surface area contributed by atoms with E-state index in [1.54, 1.807) is 18.3 Å². The largest absolute Gasteiger partial charge is 0.397 e. The van der Waals surface area contributed by atoms with Gasteiger partial charge in [0.15, 0.2) is 5.69 Å². The Morgan fingerprint density at radius 1 is 1.53 bits per heavy atom. The molecule has 92 valence electrons. The van der Waals surface area contributed by atoms with Crippen molar-refractivity contribution in [2.24, 2.45) is 0 Å². The summed E-state index contributed by atoms with van der Waals surface area (Å²) in [4.78, 5) is 18.4. The molecule has 1 aromatic rings. The summed E-state index contributed by atoms with van der Waals surface area (Å²) in [6.07, 6.45) is 6.25. The highest BCUT2D eigenvalue weighted by atomic mass is 16.2. The van der Waals surface area contributed by atoms with Crippen LogP contribution >= 0.6 is 0 Å². The van der Waals surface area contributed by atoms with Crippen LogP contribution in [0.2, 0.25) is 0 Å². The third-order valence-corrected chi connectivity index (χ3v) is 3.41. The van der Waals surface area contributed by atoms with Gasteiger partial charge in [0.05, 0.1) is 5.69 Å². The first-order chi connectivity index (χ1) is 8.24. The first-order valence-electron chi connectivity index (χ1n) is 6.25. The second-order valence-corrected chi connectivity index (χ2v) is 4.47. The molecule has 1 fully saturated rings. The minimum atomic E-state index is -0.0301. The highest BCUT2D eigenvalue weighted by molar-refractivity contribution is 5.97. The van der Waals surface area contributed by atoms with Gasteiger partial charge in [-0.05, 0) is 31.9 Å². The predicted molar refractivity (Wildman–Crippen MR) is 67.6 cm³/mol. The number of anilines is 1. The minimum Gasteiger partial charge on any atom is -0.397 e. The van der Waals surface area contributed by atoms with E-state index in [0.717, 1.165) is 19.4 Å².